The van der Waals surface area contributed by atoms with Crippen LogP contribution >= 0.6 is 7.82 Å². The molecule has 3 unspecified atom stereocenters. The molecule has 74 heavy (non-hydrogen) atoms. The van der Waals surface area contributed by atoms with Crippen LogP contribution in [-0.2, 0) is 32.5 Å². The Hall–Kier alpha value is -4.42. The molecule has 3 aromatic carbocycles. The highest BCUT2D eigenvalue weighted by Crippen LogP contribution is 2.51. The molecule has 3 atom stereocenters. The van der Waals surface area contributed by atoms with E-state index in [9.17, 15) is 14.4 Å². The van der Waals surface area contributed by atoms with Crippen molar-refractivity contribution in [2.45, 2.75) is 196 Å². The zero-order chi connectivity index (χ0) is 54.0. The van der Waals surface area contributed by atoms with Crippen molar-refractivity contribution in [1.29, 1.82) is 0 Å². The van der Waals surface area contributed by atoms with Gasteiger partial charge < -0.3 is 30.2 Å². The average molecular weight is 1050 g/mol. The van der Waals surface area contributed by atoms with Gasteiger partial charge in [0.1, 0.15) is 17.2 Å². The maximum absolute atomic E-state index is 15.5. The topological polar surface area (TPSA) is 160 Å². The SMILES string of the molecule is CCCCCCCC(=O)NC(COP(=O)(OCC(NC(=O)CCCCCCC)c1cccc(OCC(C)C)c1)OCC(NC(=O)CCCCCCC)c1cccc(OCC(C)C)c1)c1cccc(OCC(C)C)c1. The van der Waals surface area contributed by atoms with Crippen LogP contribution in [0.15, 0.2) is 72.8 Å². The van der Waals surface area contributed by atoms with Crippen molar-refractivity contribution in [2.75, 3.05) is 39.6 Å². The molecule has 0 bridgehead atoms. The predicted molar refractivity (Wildman–Crippen MR) is 299 cm³/mol. The summed E-state index contributed by atoms with van der Waals surface area (Å²) in [6.45, 7) is 19.5. The van der Waals surface area contributed by atoms with Crippen LogP contribution in [0.3, 0.4) is 0 Å². The predicted octanol–water partition coefficient (Wildman–Crippen LogP) is 14.9. The molecule has 14 heteroatoms. The Labute approximate surface area is 446 Å². The highest BCUT2D eigenvalue weighted by Gasteiger charge is 2.33. The van der Waals surface area contributed by atoms with Crippen molar-refractivity contribution < 1.29 is 46.7 Å². The second kappa shape index (κ2) is 37.3. The number of hydrogen-bond donors (Lipinski definition) is 3. The van der Waals surface area contributed by atoms with Crippen molar-refractivity contribution in [3.05, 3.63) is 89.5 Å². The average Bonchev–Trinajstić information content (AvgIpc) is 3.38. The second-order valence-corrected chi connectivity index (χ2v) is 22.7. The first-order valence-electron chi connectivity index (χ1n) is 28.2. The maximum Gasteiger partial charge on any atom is 0.475 e. The van der Waals surface area contributed by atoms with E-state index in [0.29, 0.717) is 73.0 Å². The van der Waals surface area contributed by atoms with Crippen LogP contribution in [0, 0.1) is 17.8 Å². The molecule has 3 aromatic rings. The monoisotopic (exact) mass is 1050 g/mol. The standard InChI is InChI=1S/C60H96N3O10P/c1-10-13-16-19-22-34-58(64)61-55(49-28-25-31-52(37-49)68-40-46(4)5)43-71-74(67,72-44-56(62-59(65)35-23-20-17-14-11-2)50-29-26-32-53(38-50)69-41-47(6)7)73-45-57(63-60(66)36-24-21-18-15-12-3)51-30-27-33-54(39-51)70-42-48(8)9/h25-33,37-39,46-48,55-57H,10-24,34-36,40-45H2,1-9H3,(H,61,64)(H,62,65)(H,63,66). The molecule has 0 saturated heterocycles. The first kappa shape index (κ1) is 63.9. The van der Waals surface area contributed by atoms with Gasteiger partial charge in [0.05, 0.1) is 57.8 Å². The lowest BCUT2D eigenvalue weighted by Crippen LogP contribution is -2.33. The number of nitrogens with one attached hydrogen (secondary N) is 3. The van der Waals surface area contributed by atoms with Crippen LogP contribution in [0.1, 0.15) is 213 Å². The molecular weight excluding hydrogens is 954 g/mol. The van der Waals surface area contributed by atoms with Crippen molar-refractivity contribution in [3.63, 3.8) is 0 Å². The second-order valence-electron chi connectivity index (χ2n) is 21.0. The summed E-state index contributed by atoms with van der Waals surface area (Å²) in [5.41, 5.74) is 2.05. The highest BCUT2D eigenvalue weighted by molar-refractivity contribution is 7.48. The van der Waals surface area contributed by atoms with E-state index in [2.05, 4.69) is 78.3 Å². The highest BCUT2D eigenvalue weighted by atomic mass is 31.2. The molecule has 3 N–H and O–H groups in total. The van der Waals surface area contributed by atoms with E-state index >= 15 is 4.57 Å². The Balaban J connectivity index is 2.09. The number of carbonyl (C=O) groups is 3. The summed E-state index contributed by atoms with van der Waals surface area (Å²) >= 11 is 0. The summed E-state index contributed by atoms with van der Waals surface area (Å²) in [4.78, 5) is 41.0. The fraction of sp³-hybridized carbons (Fsp3) is 0.650. The number of hydrogen-bond acceptors (Lipinski definition) is 10. The summed E-state index contributed by atoms with van der Waals surface area (Å²) in [7, 11) is -4.63. The molecule has 0 radical (unpaired) electrons. The molecule has 3 amide bonds. The van der Waals surface area contributed by atoms with Gasteiger partial charge in [-0.1, -0.05) is 176 Å². The molecular formula is C60H96N3O10P. The number of ether oxygens (including phenoxy) is 3. The Morgan fingerprint density at radius 1 is 0.405 bits per heavy atom. The molecule has 0 aromatic heterocycles. The van der Waals surface area contributed by atoms with Gasteiger partial charge in [0, 0.05) is 19.3 Å². The number of amides is 3. The van der Waals surface area contributed by atoms with Gasteiger partial charge in [-0.3, -0.25) is 28.0 Å². The lowest BCUT2D eigenvalue weighted by molar-refractivity contribution is -0.123. The van der Waals surface area contributed by atoms with Gasteiger partial charge in [-0.05, 0) is 90.1 Å². The summed E-state index contributed by atoms with van der Waals surface area (Å²) in [6, 6.07) is 20.0. The van der Waals surface area contributed by atoms with E-state index in [4.69, 9.17) is 27.8 Å². The minimum absolute atomic E-state index is 0.172. The Morgan fingerprint density at radius 3 is 0.932 bits per heavy atom. The van der Waals surface area contributed by atoms with E-state index in [0.717, 1.165) is 96.3 Å². The van der Waals surface area contributed by atoms with Gasteiger partial charge >= 0.3 is 7.82 Å². The molecule has 0 saturated carbocycles. The molecule has 13 nitrogen and oxygen atoms in total. The zero-order valence-corrected chi connectivity index (χ0v) is 47.8. The minimum Gasteiger partial charge on any atom is -0.493 e. The number of phosphoric acid groups is 1. The third-order valence-electron chi connectivity index (χ3n) is 12.3. The molecule has 416 valence electrons. The molecule has 0 aliphatic rings. The van der Waals surface area contributed by atoms with E-state index < -0.39 is 25.9 Å². The Bertz CT molecular complexity index is 1840. The maximum atomic E-state index is 15.5. The van der Waals surface area contributed by atoms with Gasteiger partial charge in [-0.15, -0.1) is 0 Å². The van der Waals surface area contributed by atoms with Crippen LogP contribution < -0.4 is 30.2 Å². The number of carbonyl (C=O) groups excluding carboxylic acids is 3. The van der Waals surface area contributed by atoms with Crippen LogP contribution in [0.4, 0.5) is 0 Å². The lowest BCUT2D eigenvalue weighted by Gasteiger charge is -2.27. The van der Waals surface area contributed by atoms with Gasteiger partial charge in [0.15, 0.2) is 0 Å². The number of phosphoric ester groups is 1. The summed E-state index contributed by atoms with van der Waals surface area (Å²) in [5, 5.41) is 9.44. The molecule has 0 fully saturated rings. The van der Waals surface area contributed by atoms with Gasteiger partial charge in [0.25, 0.3) is 0 Å². The molecule has 0 spiro atoms. The van der Waals surface area contributed by atoms with Crippen LogP contribution in [0.5, 0.6) is 17.2 Å². The third kappa shape index (κ3) is 27.9. The van der Waals surface area contributed by atoms with E-state index in [1.807, 2.05) is 72.8 Å². The fourth-order valence-corrected chi connectivity index (χ4v) is 9.21. The minimum atomic E-state index is -4.63. The Morgan fingerprint density at radius 2 is 0.676 bits per heavy atom. The van der Waals surface area contributed by atoms with Crippen LogP contribution in [0.2, 0.25) is 0 Å². The van der Waals surface area contributed by atoms with E-state index in [1.165, 1.54) is 0 Å². The molecule has 3 rings (SSSR count). The number of unbranched alkanes of at least 4 members (excludes halogenated alkanes) is 12. The zero-order valence-electron chi connectivity index (χ0n) is 46.9. The number of benzene rings is 3. The van der Waals surface area contributed by atoms with E-state index in [1.54, 1.807) is 0 Å². The number of rotatable bonds is 42. The third-order valence-corrected chi connectivity index (χ3v) is 13.7. The Kier molecular flexibility index (Phi) is 32.2. The molecule has 0 aliphatic heterocycles. The van der Waals surface area contributed by atoms with Crippen molar-refractivity contribution in [2.24, 2.45) is 17.8 Å². The van der Waals surface area contributed by atoms with Crippen molar-refractivity contribution in [3.8, 4) is 17.2 Å². The largest absolute Gasteiger partial charge is 0.493 e. The summed E-state index contributed by atoms with van der Waals surface area (Å²) in [6.07, 6.45) is 15.7. The smallest absolute Gasteiger partial charge is 0.475 e. The summed E-state index contributed by atoms with van der Waals surface area (Å²) < 4.78 is 53.0. The quantitative estimate of drug-likeness (QED) is 0.0368. The van der Waals surface area contributed by atoms with Crippen molar-refractivity contribution >= 4 is 25.5 Å². The fourth-order valence-electron chi connectivity index (χ4n) is 7.99. The summed E-state index contributed by atoms with van der Waals surface area (Å²) in [5.74, 6) is 2.21. The van der Waals surface area contributed by atoms with Gasteiger partial charge in [0.2, 0.25) is 17.7 Å². The normalized spacial score (nSPS) is 13.6. The lowest BCUT2D eigenvalue weighted by atomic mass is 10.1. The van der Waals surface area contributed by atoms with E-state index in [-0.39, 0.29) is 55.3 Å². The van der Waals surface area contributed by atoms with Crippen molar-refractivity contribution in [1.82, 2.24) is 16.0 Å². The van der Waals surface area contributed by atoms with Crippen LogP contribution in [-0.4, -0.2) is 57.4 Å². The molecule has 0 heterocycles. The molecule has 0 aliphatic carbocycles. The van der Waals surface area contributed by atoms with Gasteiger partial charge in [-0.25, -0.2) is 4.57 Å². The van der Waals surface area contributed by atoms with Crippen LogP contribution in [0.25, 0.3) is 0 Å². The first-order valence-corrected chi connectivity index (χ1v) is 29.7. The van der Waals surface area contributed by atoms with Gasteiger partial charge in [-0.2, -0.15) is 0 Å². The first-order chi connectivity index (χ1) is 35.6.